The molecular weight excluding hydrogens is 122 g/mol. The second kappa shape index (κ2) is 2.30. The van der Waals surface area contributed by atoms with Crippen molar-refractivity contribution in [2.24, 2.45) is 5.92 Å². The highest BCUT2D eigenvalue weighted by Gasteiger charge is 2.20. The first-order valence-corrected chi connectivity index (χ1v) is 4.31. The summed E-state index contributed by atoms with van der Waals surface area (Å²) in [6.07, 6.45) is 5.42. The third-order valence-corrected chi connectivity index (χ3v) is 2.68. The Bertz CT molecular complexity index is 170. The first-order valence-electron chi connectivity index (χ1n) is 4.31. The maximum Gasteiger partial charge on any atom is 0.0181 e. The summed E-state index contributed by atoms with van der Waals surface area (Å²) < 4.78 is 0. The third-order valence-electron chi connectivity index (χ3n) is 2.68. The van der Waals surface area contributed by atoms with E-state index >= 15 is 0 Å². The van der Waals surface area contributed by atoms with E-state index in [1.165, 1.54) is 32.2 Å². The summed E-state index contributed by atoms with van der Waals surface area (Å²) >= 11 is 0. The number of nitrogens with one attached hydrogen (secondary N) is 1. The molecule has 0 saturated heterocycles. The van der Waals surface area contributed by atoms with Crippen molar-refractivity contribution in [1.29, 1.82) is 0 Å². The van der Waals surface area contributed by atoms with Gasteiger partial charge in [-0.2, -0.15) is 0 Å². The molecule has 1 aliphatic carbocycles. The van der Waals surface area contributed by atoms with Crippen molar-refractivity contribution in [3.63, 3.8) is 0 Å². The van der Waals surface area contributed by atoms with Gasteiger partial charge in [0.1, 0.15) is 0 Å². The van der Waals surface area contributed by atoms with Crippen LogP contribution in [-0.4, -0.2) is 6.54 Å². The lowest BCUT2D eigenvalue weighted by molar-refractivity contribution is 0.490. The van der Waals surface area contributed by atoms with Crippen LogP contribution in [-0.2, 0) is 0 Å². The van der Waals surface area contributed by atoms with Crippen molar-refractivity contribution < 1.29 is 0 Å². The van der Waals surface area contributed by atoms with Crippen LogP contribution in [0.4, 0.5) is 0 Å². The molecule has 1 aliphatic heterocycles. The zero-order valence-corrected chi connectivity index (χ0v) is 6.61. The van der Waals surface area contributed by atoms with Crippen LogP contribution in [0.1, 0.15) is 32.6 Å². The van der Waals surface area contributed by atoms with Gasteiger partial charge in [-0.15, -0.1) is 0 Å². The molecule has 0 aromatic carbocycles. The molecule has 1 unspecified atom stereocenters. The normalized spacial score (nSPS) is 31.9. The molecule has 1 heterocycles. The molecule has 1 nitrogen and oxygen atoms in total. The monoisotopic (exact) mass is 137 g/mol. The van der Waals surface area contributed by atoms with Crippen molar-refractivity contribution in [3.8, 4) is 0 Å². The van der Waals surface area contributed by atoms with E-state index in [-0.39, 0.29) is 0 Å². The van der Waals surface area contributed by atoms with Crippen LogP contribution >= 0.6 is 0 Å². The van der Waals surface area contributed by atoms with Crippen molar-refractivity contribution in [2.75, 3.05) is 6.54 Å². The van der Waals surface area contributed by atoms with Crippen LogP contribution in [0.2, 0.25) is 0 Å². The molecule has 2 rings (SSSR count). The molecule has 0 bridgehead atoms. The van der Waals surface area contributed by atoms with Gasteiger partial charge in [-0.3, -0.25) is 0 Å². The van der Waals surface area contributed by atoms with E-state index in [0.717, 1.165) is 5.92 Å². The predicted molar refractivity (Wildman–Crippen MR) is 42.7 cm³/mol. The Hall–Kier alpha value is -0.460. The second-order valence-electron chi connectivity index (χ2n) is 3.61. The Morgan fingerprint density at radius 1 is 1.40 bits per heavy atom. The molecule has 0 amide bonds. The van der Waals surface area contributed by atoms with Gasteiger partial charge >= 0.3 is 0 Å². The van der Waals surface area contributed by atoms with Gasteiger partial charge in [-0.05, 0) is 37.2 Å². The molecule has 10 heavy (non-hydrogen) atoms. The summed E-state index contributed by atoms with van der Waals surface area (Å²) in [6, 6.07) is 0. The summed E-state index contributed by atoms with van der Waals surface area (Å²) in [6.45, 7) is 3.56. The number of allylic oxidation sites excluding steroid dienone is 1. The minimum Gasteiger partial charge on any atom is -0.388 e. The van der Waals surface area contributed by atoms with E-state index in [1.807, 2.05) is 0 Å². The number of hydrogen-bond acceptors (Lipinski definition) is 1. The highest BCUT2D eigenvalue weighted by Crippen LogP contribution is 2.31. The average molecular weight is 137 g/mol. The smallest absolute Gasteiger partial charge is 0.0181 e. The van der Waals surface area contributed by atoms with Crippen LogP contribution in [0.5, 0.6) is 0 Å². The maximum atomic E-state index is 3.47. The van der Waals surface area contributed by atoms with Gasteiger partial charge in [0.2, 0.25) is 0 Å². The molecule has 2 aliphatic rings. The highest BCUT2D eigenvalue weighted by atomic mass is 14.9. The lowest BCUT2D eigenvalue weighted by Crippen LogP contribution is -2.13. The molecule has 0 fully saturated rings. The molecule has 0 radical (unpaired) electrons. The van der Waals surface area contributed by atoms with Crippen molar-refractivity contribution in [3.05, 3.63) is 11.3 Å². The largest absolute Gasteiger partial charge is 0.388 e. The fourth-order valence-electron chi connectivity index (χ4n) is 2.00. The quantitative estimate of drug-likeness (QED) is 0.539. The summed E-state index contributed by atoms with van der Waals surface area (Å²) in [5.74, 6) is 0.921. The van der Waals surface area contributed by atoms with Gasteiger partial charge in [0.05, 0.1) is 0 Å². The fraction of sp³-hybridized carbons (Fsp3) is 0.778. The highest BCUT2D eigenvalue weighted by molar-refractivity contribution is 5.20. The summed E-state index contributed by atoms with van der Waals surface area (Å²) in [4.78, 5) is 0. The Balaban J connectivity index is 2.13. The van der Waals surface area contributed by atoms with Gasteiger partial charge in [-0.25, -0.2) is 0 Å². The van der Waals surface area contributed by atoms with E-state index in [1.54, 1.807) is 11.3 Å². The van der Waals surface area contributed by atoms with Crippen molar-refractivity contribution >= 4 is 0 Å². The zero-order chi connectivity index (χ0) is 6.97. The Kier molecular flexibility index (Phi) is 1.44. The van der Waals surface area contributed by atoms with E-state index in [0.29, 0.717) is 0 Å². The molecule has 0 saturated carbocycles. The summed E-state index contributed by atoms with van der Waals surface area (Å²) in [5.41, 5.74) is 3.30. The summed E-state index contributed by atoms with van der Waals surface area (Å²) in [7, 11) is 0. The lowest BCUT2D eigenvalue weighted by atomic mass is 9.89. The first-order chi connectivity index (χ1) is 4.86. The molecule has 1 N–H and O–H groups in total. The Morgan fingerprint density at radius 2 is 2.30 bits per heavy atom. The van der Waals surface area contributed by atoms with E-state index in [4.69, 9.17) is 0 Å². The second-order valence-corrected chi connectivity index (χ2v) is 3.61. The van der Waals surface area contributed by atoms with E-state index < -0.39 is 0 Å². The first kappa shape index (κ1) is 6.26. The zero-order valence-electron chi connectivity index (χ0n) is 6.61. The molecule has 1 atom stereocenters. The average Bonchev–Trinajstić information content (AvgIpc) is 2.33. The third kappa shape index (κ3) is 0.938. The minimum absolute atomic E-state index is 0.921. The van der Waals surface area contributed by atoms with Gasteiger partial charge in [0, 0.05) is 12.2 Å². The van der Waals surface area contributed by atoms with Gasteiger partial charge in [0.25, 0.3) is 0 Å². The van der Waals surface area contributed by atoms with Gasteiger partial charge < -0.3 is 5.32 Å². The molecule has 56 valence electrons. The van der Waals surface area contributed by atoms with Gasteiger partial charge in [0.15, 0.2) is 0 Å². The summed E-state index contributed by atoms with van der Waals surface area (Å²) in [5, 5.41) is 3.47. The lowest BCUT2D eigenvalue weighted by Gasteiger charge is -2.19. The minimum atomic E-state index is 0.921. The SMILES string of the molecule is CC1CCC2=C(C1)NCC2. The Labute approximate surface area is 62.5 Å². The predicted octanol–water partition coefficient (Wildman–Crippen LogP) is 2.05. The standard InChI is InChI=1S/C9H15N/c1-7-2-3-8-4-5-10-9(8)6-7/h7,10H,2-6H2,1H3. The molecule has 0 aromatic rings. The van der Waals surface area contributed by atoms with Gasteiger partial charge in [-0.1, -0.05) is 6.92 Å². The van der Waals surface area contributed by atoms with Crippen LogP contribution in [0.3, 0.4) is 0 Å². The molecule has 0 aromatic heterocycles. The van der Waals surface area contributed by atoms with Crippen LogP contribution in [0, 0.1) is 5.92 Å². The molecule has 1 heteroatoms. The van der Waals surface area contributed by atoms with Crippen molar-refractivity contribution in [2.45, 2.75) is 32.6 Å². The topological polar surface area (TPSA) is 12.0 Å². The maximum absolute atomic E-state index is 3.47. The number of hydrogen-bond donors (Lipinski definition) is 1. The fourth-order valence-corrected chi connectivity index (χ4v) is 2.00. The molecule has 0 spiro atoms. The molecular formula is C9H15N. The van der Waals surface area contributed by atoms with Crippen LogP contribution in [0.25, 0.3) is 0 Å². The van der Waals surface area contributed by atoms with E-state index in [9.17, 15) is 0 Å². The van der Waals surface area contributed by atoms with Crippen LogP contribution < -0.4 is 5.32 Å². The number of rotatable bonds is 0. The van der Waals surface area contributed by atoms with Crippen molar-refractivity contribution in [1.82, 2.24) is 5.32 Å². The van der Waals surface area contributed by atoms with Crippen LogP contribution in [0.15, 0.2) is 11.3 Å². The van der Waals surface area contributed by atoms with E-state index in [2.05, 4.69) is 12.2 Å². The Morgan fingerprint density at radius 3 is 3.20 bits per heavy atom.